The summed E-state index contributed by atoms with van der Waals surface area (Å²) in [5.74, 6) is 0. The molecule has 0 radical (unpaired) electrons. The highest BCUT2D eigenvalue weighted by molar-refractivity contribution is 7.92. The number of nitrogens with zero attached hydrogens (tertiary/aromatic N) is 3. The quantitative estimate of drug-likeness (QED) is 0.532. The minimum absolute atomic E-state index is 0.0996. The summed E-state index contributed by atoms with van der Waals surface area (Å²) in [4.78, 5) is 13.0. The second kappa shape index (κ2) is 7.76. The van der Waals surface area contributed by atoms with Crippen molar-refractivity contribution >= 4 is 21.2 Å². The number of sulfone groups is 1. The Balaban J connectivity index is 2.27. The molecule has 12 heteroatoms. The van der Waals surface area contributed by atoms with Crippen LogP contribution in [-0.2, 0) is 14.6 Å². The molecule has 0 spiro atoms. The Labute approximate surface area is 148 Å². The van der Waals surface area contributed by atoms with Gasteiger partial charge in [0.2, 0.25) is 0 Å². The summed E-state index contributed by atoms with van der Waals surface area (Å²) in [6.07, 6.45) is 0. The fourth-order valence-electron chi connectivity index (χ4n) is 2.65. The van der Waals surface area contributed by atoms with E-state index in [0.717, 1.165) is 12.1 Å². The van der Waals surface area contributed by atoms with Gasteiger partial charge in [0, 0.05) is 45.9 Å². The molecule has 0 saturated carbocycles. The minimum atomic E-state index is -5.64. The highest BCUT2D eigenvalue weighted by atomic mass is 32.2. The number of rotatable bonds is 6. The number of piperazine rings is 1. The molecule has 1 aliphatic heterocycles. The smallest absolute Gasteiger partial charge is 0.383 e. The lowest BCUT2D eigenvalue weighted by Crippen LogP contribution is -2.47. The zero-order valence-electron chi connectivity index (χ0n) is 13.9. The van der Waals surface area contributed by atoms with Gasteiger partial charge in [0.15, 0.2) is 0 Å². The third-order valence-electron chi connectivity index (χ3n) is 4.08. The molecular weight excluding hydrogens is 379 g/mol. The molecule has 1 heterocycles. The lowest BCUT2D eigenvalue weighted by molar-refractivity contribution is -0.384. The Morgan fingerprint density at radius 3 is 2.35 bits per heavy atom. The van der Waals surface area contributed by atoms with Crippen LogP contribution in [0.5, 0.6) is 0 Å². The van der Waals surface area contributed by atoms with Gasteiger partial charge in [-0.25, -0.2) is 8.42 Å². The molecule has 0 unspecified atom stereocenters. The molecule has 26 heavy (non-hydrogen) atoms. The SMILES string of the molecule is COCCN1CCN(c2ccc(S(=O)(=O)C(F)(F)F)cc2[N+](=O)[O-])CC1. The molecule has 0 aromatic heterocycles. The number of nitro benzene ring substituents is 1. The summed E-state index contributed by atoms with van der Waals surface area (Å²) < 4.78 is 65.9. The van der Waals surface area contributed by atoms with Crippen molar-refractivity contribution in [3.8, 4) is 0 Å². The maximum Gasteiger partial charge on any atom is 0.501 e. The number of halogens is 3. The van der Waals surface area contributed by atoms with Crippen molar-refractivity contribution in [3.05, 3.63) is 28.3 Å². The molecule has 0 N–H and O–H groups in total. The second-order valence-corrected chi connectivity index (χ2v) is 7.62. The first-order chi connectivity index (χ1) is 12.1. The lowest BCUT2D eigenvalue weighted by atomic mass is 10.2. The molecular formula is C14H18F3N3O5S. The first-order valence-corrected chi connectivity index (χ1v) is 9.12. The number of methoxy groups -OCH3 is 1. The summed E-state index contributed by atoms with van der Waals surface area (Å²) in [6.45, 7) is 3.30. The Morgan fingerprint density at radius 2 is 1.85 bits per heavy atom. The number of hydrogen-bond acceptors (Lipinski definition) is 7. The normalized spacial score (nSPS) is 16.7. The average molecular weight is 397 g/mol. The van der Waals surface area contributed by atoms with Gasteiger partial charge in [-0.05, 0) is 12.1 Å². The summed E-state index contributed by atoms with van der Waals surface area (Å²) in [6, 6.07) is 2.28. The van der Waals surface area contributed by atoms with Crippen LogP contribution >= 0.6 is 0 Å². The van der Waals surface area contributed by atoms with E-state index in [2.05, 4.69) is 4.90 Å². The fraction of sp³-hybridized carbons (Fsp3) is 0.571. The van der Waals surface area contributed by atoms with E-state index in [0.29, 0.717) is 45.4 Å². The highest BCUT2D eigenvalue weighted by Crippen LogP contribution is 2.36. The maximum absolute atomic E-state index is 12.7. The van der Waals surface area contributed by atoms with Gasteiger partial charge in [0.25, 0.3) is 15.5 Å². The van der Waals surface area contributed by atoms with E-state index in [1.54, 1.807) is 12.0 Å². The van der Waals surface area contributed by atoms with Crippen molar-refractivity contribution in [2.75, 3.05) is 51.3 Å². The van der Waals surface area contributed by atoms with Gasteiger partial charge in [0.1, 0.15) is 5.69 Å². The average Bonchev–Trinajstić information content (AvgIpc) is 2.58. The predicted molar refractivity (Wildman–Crippen MR) is 86.9 cm³/mol. The molecule has 0 amide bonds. The molecule has 0 atom stereocenters. The van der Waals surface area contributed by atoms with Crippen LogP contribution in [0.25, 0.3) is 0 Å². The van der Waals surface area contributed by atoms with Crippen molar-refractivity contribution in [2.24, 2.45) is 0 Å². The standard InChI is InChI=1S/C14H18F3N3O5S/c1-25-9-8-18-4-6-19(7-5-18)12-3-2-11(10-13(12)20(21)22)26(23,24)14(15,16)17/h2-3,10H,4-9H2,1H3. The Bertz CT molecular complexity index is 762. The van der Waals surface area contributed by atoms with E-state index >= 15 is 0 Å². The van der Waals surface area contributed by atoms with Gasteiger partial charge in [-0.1, -0.05) is 0 Å². The van der Waals surface area contributed by atoms with Gasteiger partial charge >= 0.3 is 5.51 Å². The van der Waals surface area contributed by atoms with Crippen LogP contribution in [0.3, 0.4) is 0 Å². The van der Waals surface area contributed by atoms with Crippen molar-refractivity contribution in [2.45, 2.75) is 10.4 Å². The number of nitro groups is 1. The van der Waals surface area contributed by atoms with Crippen molar-refractivity contribution in [1.82, 2.24) is 4.90 Å². The van der Waals surface area contributed by atoms with Crippen LogP contribution in [0, 0.1) is 10.1 Å². The number of anilines is 1. The van der Waals surface area contributed by atoms with Gasteiger partial charge in [-0.3, -0.25) is 15.0 Å². The Morgan fingerprint density at radius 1 is 1.23 bits per heavy atom. The Hall–Kier alpha value is -1.92. The number of hydrogen-bond donors (Lipinski definition) is 0. The highest BCUT2D eigenvalue weighted by Gasteiger charge is 2.47. The van der Waals surface area contributed by atoms with Gasteiger partial charge < -0.3 is 9.64 Å². The van der Waals surface area contributed by atoms with Gasteiger partial charge in [0.05, 0.1) is 16.4 Å². The maximum atomic E-state index is 12.7. The van der Waals surface area contributed by atoms with Crippen LogP contribution < -0.4 is 4.90 Å². The molecule has 1 aliphatic rings. The van der Waals surface area contributed by atoms with E-state index < -0.39 is 30.9 Å². The molecule has 146 valence electrons. The van der Waals surface area contributed by atoms with Crippen LogP contribution in [0.2, 0.25) is 0 Å². The molecule has 2 rings (SSSR count). The van der Waals surface area contributed by atoms with Crippen molar-refractivity contribution < 1.29 is 31.2 Å². The number of alkyl halides is 3. The molecule has 0 aliphatic carbocycles. The predicted octanol–water partition coefficient (Wildman–Crippen LogP) is 1.66. The monoisotopic (exact) mass is 397 g/mol. The topological polar surface area (TPSA) is 93.0 Å². The molecule has 1 saturated heterocycles. The number of benzene rings is 1. The first kappa shape index (κ1) is 20.4. The van der Waals surface area contributed by atoms with Crippen LogP contribution in [0.4, 0.5) is 24.5 Å². The third-order valence-corrected chi connectivity index (χ3v) is 5.57. The van der Waals surface area contributed by atoms with Crippen molar-refractivity contribution in [1.29, 1.82) is 0 Å². The largest absolute Gasteiger partial charge is 0.501 e. The molecule has 1 aromatic carbocycles. The van der Waals surface area contributed by atoms with E-state index in [4.69, 9.17) is 4.74 Å². The number of ether oxygens (including phenoxy) is 1. The van der Waals surface area contributed by atoms with Crippen LogP contribution in [-0.4, -0.2) is 70.2 Å². The summed E-state index contributed by atoms with van der Waals surface area (Å²) in [7, 11) is -4.06. The minimum Gasteiger partial charge on any atom is -0.383 e. The summed E-state index contributed by atoms with van der Waals surface area (Å²) in [5.41, 5.74) is -6.08. The van der Waals surface area contributed by atoms with Crippen molar-refractivity contribution in [3.63, 3.8) is 0 Å². The van der Waals surface area contributed by atoms with E-state index in [1.165, 1.54) is 0 Å². The van der Waals surface area contributed by atoms with E-state index in [-0.39, 0.29) is 5.69 Å². The Kier molecular flexibility index (Phi) is 6.09. The zero-order valence-corrected chi connectivity index (χ0v) is 14.7. The van der Waals surface area contributed by atoms with Crippen LogP contribution in [0.15, 0.2) is 23.1 Å². The third kappa shape index (κ3) is 4.24. The van der Waals surface area contributed by atoms with Gasteiger partial charge in [-0.15, -0.1) is 0 Å². The van der Waals surface area contributed by atoms with Gasteiger partial charge in [-0.2, -0.15) is 13.2 Å². The fourth-order valence-corrected chi connectivity index (χ4v) is 3.43. The summed E-state index contributed by atoms with van der Waals surface area (Å²) in [5, 5.41) is 11.3. The van der Waals surface area contributed by atoms with E-state index in [1.807, 2.05) is 0 Å². The molecule has 1 aromatic rings. The zero-order chi connectivity index (χ0) is 19.5. The molecule has 0 bridgehead atoms. The molecule has 8 nitrogen and oxygen atoms in total. The lowest BCUT2D eigenvalue weighted by Gasteiger charge is -2.35. The second-order valence-electron chi connectivity index (χ2n) is 5.68. The summed E-state index contributed by atoms with van der Waals surface area (Å²) >= 11 is 0. The van der Waals surface area contributed by atoms with Crippen LogP contribution in [0.1, 0.15) is 0 Å². The van der Waals surface area contributed by atoms with E-state index in [9.17, 15) is 31.7 Å². The first-order valence-electron chi connectivity index (χ1n) is 7.64. The molecule has 1 fully saturated rings.